The van der Waals surface area contributed by atoms with Crippen molar-refractivity contribution in [3.63, 3.8) is 0 Å². The number of carbonyl (C=O) groups excluding carboxylic acids is 1. The highest BCUT2D eigenvalue weighted by Gasteiger charge is 2.25. The molecule has 0 aromatic carbocycles. The van der Waals surface area contributed by atoms with Crippen LogP contribution in [0.4, 0.5) is 0 Å². The van der Waals surface area contributed by atoms with Gasteiger partial charge in [-0.2, -0.15) is 4.98 Å². The molecule has 5 heteroatoms. The Hall–Kier alpha value is -1.39. The van der Waals surface area contributed by atoms with Gasteiger partial charge >= 0.3 is 11.9 Å². The Morgan fingerprint density at radius 1 is 1.41 bits per heavy atom. The molecular weight excluding hydrogens is 220 g/mol. The molecule has 0 unspecified atom stereocenters. The van der Waals surface area contributed by atoms with Crippen molar-refractivity contribution < 1.29 is 14.1 Å². The third kappa shape index (κ3) is 2.84. The smallest absolute Gasteiger partial charge is 0.397 e. The predicted octanol–water partition coefficient (Wildman–Crippen LogP) is 2.54. The Balaban J connectivity index is 2.00. The molecule has 1 heterocycles. The van der Waals surface area contributed by atoms with E-state index in [1.165, 1.54) is 12.8 Å². The molecule has 1 aromatic heterocycles. The van der Waals surface area contributed by atoms with Gasteiger partial charge in [-0.05, 0) is 25.7 Å². The lowest BCUT2D eigenvalue weighted by Crippen LogP contribution is -2.12. The zero-order valence-corrected chi connectivity index (χ0v) is 10.3. The summed E-state index contributed by atoms with van der Waals surface area (Å²) in [6.07, 6.45) is 4.52. The molecule has 0 radical (unpaired) electrons. The fourth-order valence-corrected chi connectivity index (χ4v) is 2.19. The second-order valence-electron chi connectivity index (χ2n) is 4.63. The average molecular weight is 238 g/mol. The van der Waals surface area contributed by atoms with E-state index in [1.54, 1.807) is 6.92 Å². The van der Waals surface area contributed by atoms with E-state index >= 15 is 0 Å². The fourth-order valence-electron chi connectivity index (χ4n) is 2.19. The van der Waals surface area contributed by atoms with E-state index in [-0.39, 0.29) is 5.89 Å². The Labute approximate surface area is 101 Å². The van der Waals surface area contributed by atoms with E-state index in [2.05, 4.69) is 17.1 Å². The molecule has 5 nitrogen and oxygen atoms in total. The molecular formula is C12H18N2O3. The molecule has 17 heavy (non-hydrogen) atoms. The van der Waals surface area contributed by atoms with Gasteiger partial charge in [-0.25, -0.2) is 4.79 Å². The summed E-state index contributed by atoms with van der Waals surface area (Å²) in [5.74, 6) is 1.21. The maximum absolute atomic E-state index is 11.4. The lowest BCUT2D eigenvalue weighted by Gasteiger charge is -2.23. The normalized spacial score (nSPS) is 24.6. The molecule has 94 valence electrons. The van der Waals surface area contributed by atoms with Crippen molar-refractivity contribution in [2.24, 2.45) is 5.92 Å². The van der Waals surface area contributed by atoms with Crippen LogP contribution in [0.25, 0.3) is 0 Å². The zero-order chi connectivity index (χ0) is 12.3. The lowest BCUT2D eigenvalue weighted by molar-refractivity contribution is 0.0470. The minimum Gasteiger partial charge on any atom is -0.459 e. The highest BCUT2D eigenvalue weighted by molar-refractivity contribution is 5.83. The molecule has 1 saturated carbocycles. The van der Waals surface area contributed by atoms with Crippen LogP contribution in [0.2, 0.25) is 0 Å². The third-order valence-electron chi connectivity index (χ3n) is 3.27. The van der Waals surface area contributed by atoms with E-state index in [0.29, 0.717) is 18.3 Å². The summed E-state index contributed by atoms with van der Waals surface area (Å²) in [6, 6.07) is 0. The molecule has 1 aromatic rings. The second kappa shape index (κ2) is 5.29. The fraction of sp³-hybridized carbons (Fsp3) is 0.750. The molecule has 0 spiro atoms. The van der Waals surface area contributed by atoms with Crippen molar-refractivity contribution in [1.82, 2.24) is 10.1 Å². The van der Waals surface area contributed by atoms with E-state index in [0.717, 1.165) is 18.8 Å². The average Bonchev–Trinajstić information content (AvgIpc) is 2.80. The Morgan fingerprint density at radius 3 is 2.76 bits per heavy atom. The number of aromatic nitrogens is 2. The van der Waals surface area contributed by atoms with Crippen LogP contribution in [0.1, 0.15) is 62.0 Å². The van der Waals surface area contributed by atoms with Crippen LogP contribution in [0.15, 0.2) is 4.52 Å². The maximum Gasteiger partial charge on any atom is 0.397 e. The Kier molecular flexibility index (Phi) is 3.76. The van der Waals surface area contributed by atoms with E-state index < -0.39 is 5.97 Å². The van der Waals surface area contributed by atoms with Crippen LogP contribution >= 0.6 is 0 Å². The van der Waals surface area contributed by atoms with Gasteiger partial charge in [0.25, 0.3) is 0 Å². The summed E-state index contributed by atoms with van der Waals surface area (Å²) in [5, 5.41) is 3.88. The van der Waals surface area contributed by atoms with Crippen LogP contribution in [-0.4, -0.2) is 22.7 Å². The first-order chi connectivity index (χ1) is 8.20. The first-order valence-electron chi connectivity index (χ1n) is 6.21. The molecule has 0 amide bonds. The summed E-state index contributed by atoms with van der Waals surface area (Å²) in [6.45, 7) is 4.33. The van der Waals surface area contributed by atoms with Crippen LogP contribution in [0.5, 0.6) is 0 Å². The first kappa shape index (κ1) is 12.1. The number of hydrogen-bond donors (Lipinski definition) is 0. The summed E-state index contributed by atoms with van der Waals surface area (Å²) < 4.78 is 9.73. The SMILES string of the molecule is CCOC(=O)c1nc(C2CCC(C)CC2)no1. The van der Waals surface area contributed by atoms with Gasteiger partial charge in [0, 0.05) is 5.92 Å². The summed E-state index contributed by atoms with van der Waals surface area (Å²) in [4.78, 5) is 15.5. The number of carbonyl (C=O) groups is 1. The van der Waals surface area contributed by atoms with Crippen LogP contribution in [0, 0.1) is 5.92 Å². The van der Waals surface area contributed by atoms with Gasteiger partial charge in [0.2, 0.25) is 0 Å². The molecule has 0 N–H and O–H groups in total. The van der Waals surface area contributed by atoms with Gasteiger partial charge in [-0.15, -0.1) is 0 Å². The zero-order valence-electron chi connectivity index (χ0n) is 10.3. The highest BCUT2D eigenvalue weighted by atomic mass is 16.6. The van der Waals surface area contributed by atoms with E-state index in [1.807, 2.05) is 0 Å². The van der Waals surface area contributed by atoms with Gasteiger partial charge < -0.3 is 9.26 Å². The van der Waals surface area contributed by atoms with Gasteiger partial charge in [0.15, 0.2) is 5.82 Å². The lowest BCUT2D eigenvalue weighted by atomic mass is 9.83. The number of nitrogens with zero attached hydrogens (tertiary/aromatic N) is 2. The van der Waals surface area contributed by atoms with E-state index in [4.69, 9.17) is 9.26 Å². The van der Waals surface area contributed by atoms with Crippen LogP contribution in [-0.2, 0) is 4.74 Å². The van der Waals surface area contributed by atoms with Crippen molar-refractivity contribution in [2.45, 2.75) is 45.4 Å². The molecule has 0 bridgehead atoms. The monoisotopic (exact) mass is 238 g/mol. The Bertz CT molecular complexity index is 381. The van der Waals surface area contributed by atoms with Crippen LogP contribution in [0.3, 0.4) is 0 Å². The van der Waals surface area contributed by atoms with Crippen molar-refractivity contribution in [3.8, 4) is 0 Å². The number of hydrogen-bond acceptors (Lipinski definition) is 5. The number of esters is 1. The van der Waals surface area contributed by atoms with Crippen molar-refractivity contribution in [1.29, 1.82) is 0 Å². The molecule has 2 rings (SSSR count). The molecule has 1 aliphatic carbocycles. The van der Waals surface area contributed by atoms with Gasteiger partial charge in [0.1, 0.15) is 0 Å². The van der Waals surface area contributed by atoms with Crippen molar-refractivity contribution in [2.75, 3.05) is 6.61 Å². The minimum atomic E-state index is -0.532. The molecule has 1 fully saturated rings. The van der Waals surface area contributed by atoms with Gasteiger partial charge in [0.05, 0.1) is 6.61 Å². The first-order valence-corrected chi connectivity index (χ1v) is 6.21. The third-order valence-corrected chi connectivity index (χ3v) is 3.27. The Morgan fingerprint density at radius 2 is 2.12 bits per heavy atom. The van der Waals surface area contributed by atoms with Crippen molar-refractivity contribution >= 4 is 5.97 Å². The molecule has 0 atom stereocenters. The minimum absolute atomic E-state index is 0.0273. The summed E-state index contributed by atoms with van der Waals surface area (Å²) in [5.41, 5.74) is 0. The van der Waals surface area contributed by atoms with Gasteiger partial charge in [-0.3, -0.25) is 0 Å². The topological polar surface area (TPSA) is 65.2 Å². The van der Waals surface area contributed by atoms with Crippen LogP contribution < -0.4 is 0 Å². The predicted molar refractivity (Wildman–Crippen MR) is 60.6 cm³/mol. The molecule has 0 saturated heterocycles. The maximum atomic E-state index is 11.4. The summed E-state index contributed by atoms with van der Waals surface area (Å²) in [7, 11) is 0. The molecule has 0 aliphatic heterocycles. The number of rotatable bonds is 3. The standard InChI is InChI=1S/C12H18N2O3/c1-3-16-12(15)11-13-10(14-17-11)9-6-4-8(2)5-7-9/h8-9H,3-7H2,1-2H3. The largest absolute Gasteiger partial charge is 0.459 e. The number of ether oxygens (including phenoxy) is 1. The highest BCUT2D eigenvalue weighted by Crippen LogP contribution is 2.33. The summed E-state index contributed by atoms with van der Waals surface area (Å²) >= 11 is 0. The van der Waals surface area contributed by atoms with Gasteiger partial charge in [-0.1, -0.05) is 24.9 Å². The van der Waals surface area contributed by atoms with E-state index in [9.17, 15) is 4.79 Å². The second-order valence-corrected chi connectivity index (χ2v) is 4.63. The molecule has 1 aliphatic rings. The van der Waals surface area contributed by atoms with Crippen molar-refractivity contribution in [3.05, 3.63) is 11.7 Å². The quantitative estimate of drug-likeness (QED) is 0.757.